The second kappa shape index (κ2) is 8.50. The number of hydrogen-bond acceptors (Lipinski definition) is 2. The van der Waals surface area contributed by atoms with E-state index in [0.29, 0.717) is 6.54 Å². The van der Waals surface area contributed by atoms with Gasteiger partial charge in [-0.15, -0.1) is 24.0 Å². The van der Waals surface area contributed by atoms with Gasteiger partial charge in [0.25, 0.3) is 0 Å². The van der Waals surface area contributed by atoms with Gasteiger partial charge in [-0.05, 0) is 25.3 Å². The van der Waals surface area contributed by atoms with Crippen LogP contribution in [0.15, 0.2) is 47.7 Å². The van der Waals surface area contributed by atoms with Gasteiger partial charge >= 0.3 is 0 Å². The molecule has 130 valence electrons. The van der Waals surface area contributed by atoms with Crippen molar-refractivity contribution in [2.45, 2.75) is 31.7 Å². The molecule has 6 heteroatoms. The molecule has 0 bridgehead atoms. The highest BCUT2D eigenvalue weighted by Gasteiger charge is 2.43. The Bertz CT molecular complexity index is 661. The zero-order valence-corrected chi connectivity index (χ0v) is 16.7. The van der Waals surface area contributed by atoms with Crippen LogP contribution < -0.4 is 10.6 Å². The Morgan fingerprint density at radius 3 is 2.58 bits per heavy atom. The van der Waals surface area contributed by atoms with Crippen molar-refractivity contribution in [1.82, 2.24) is 20.4 Å². The number of hydrogen-bond donors (Lipinski definition) is 2. The first-order valence-electron chi connectivity index (χ1n) is 8.27. The molecule has 0 spiro atoms. The van der Waals surface area contributed by atoms with Gasteiger partial charge < -0.3 is 10.6 Å². The molecule has 0 saturated heterocycles. The Hall–Kier alpha value is -1.57. The van der Waals surface area contributed by atoms with E-state index in [4.69, 9.17) is 0 Å². The fourth-order valence-corrected chi connectivity index (χ4v) is 2.83. The molecular formula is C18H26IN5. The smallest absolute Gasteiger partial charge is 0.191 e. The van der Waals surface area contributed by atoms with Crippen molar-refractivity contribution >= 4 is 29.9 Å². The molecule has 0 amide bonds. The van der Waals surface area contributed by atoms with E-state index in [0.717, 1.165) is 24.6 Å². The van der Waals surface area contributed by atoms with Crippen molar-refractivity contribution in [2.24, 2.45) is 12.0 Å². The Morgan fingerprint density at radius 1 is 1.25 bits per heavy atom. The van der Waals surface area contributed by atoms with Crippen LogP contribution in [0.3, 0.4) is 0 Å². The summed E-state index contributed by atoms with van der Waals surface area (Å²) in [7, 11) is 1.92. The highest BCUT2D eigenvalue weighted by atomic mass is 127. The molecule has 2 aromatic rings. The lowest BCUT2D eigenvalue weighted by molar-refractivity contribution is 0.646. The molecule has 0 radical (unpaired) electrons. The Balaban J connectivity index is 0.00000208. The Morgan fingerprint density at radius 2 is 2.00 bits per heavy atom. The number of aromatic nitrogens is 2. The lowest BCUT2D eigenvalue weighted by Gasteiger charge is -2.19. The second-order valence-corrected chi connectivity index (χ2v) is 6.22. The normalized spacial score (nSPS) is 15.5. The standard InChI is InChI=1S/C18H25N5.HI/c1-3-19-17(20-11-15-12-22-23(2)13-15)21-14-18(9-10-18)16-7-5-4-6-8-16;/h4-8,12-13H,3,9-11,14H2,1-2H3,(H2,19,20,21);1H. The van der Waals surface area contributed by atoms with E-state index in [1.165, 1.54) is 18.4 Å². The number of aliphatic imine (C=N–C) groups is 1. The maximum atomic E-state index is 4.66. The summed E-state index contributed by atoms with van der Waals surface area (Å²) in [6.07, 6.45) is 6.34. The van der Waals surface area contributed by atoms with Gasteiger partial charge in [0, 0.05) is 37.3 Å². The average molecular weight is 439 g/mol. The van der Waals surface area contributed by atoms with E-state index in [2.05, 4.69) is 58.0 Å². The van der Waals surface area contributed by atoms with Crippen molar-refractivity contribution < 1.29 is 0 Å². The molecule has 0 atom stereocenters. The summed E-state index contributed by atoms with van der Waals surface area (Å²) in [5.41, 5.74) is 2.83. The molecule has 1 aromatic heterocycles. The molecule has 0 aliphatic heterocycles. The number of aryl methyl sites for hydroxylation is 1. The minimum absolute atomic E-state index is 0. The monoisotopic (exact) mass is 439 g/mol. The Kier molecular flexibility index (Phi) is 6.65. The summed E-state index contributed by atoms with van der Waals surface area (Å²) >= 11 is 0. The molecule has 1 heterocycles. The van der Waals surface area contributed by atoms with Crippen LogP contribution in [0.1, 0.15) is 30.9 Å². The summed E-state index contributed by atoms with van der Waals surface area (Å²) < 4.78 is 1.81. The first-order chi connectivity index (χ1) is 11.2. The van der Waals surface area contributed by atoms with Gasteiger partial charge in [0.1, 0.15) is 0 Å². The minimum atomic E-state index is 0. The summed E-state index contributed by atoms with van der Waals surface area (Å²) in [5.74, 6) is 0.874. The fraction of sp³-hybridized carbons (Fsp3) is 0.444. The molecule has 0 unspecified atom stereocenters. The van der Waals surface area contributed by atoms with Crippen molar-refractivity contribution in [2.75, 3.05) is 13.1 Å². The van der Waals surface area contributed by atoms with E-state index in [1.807, 2.05) is 19.4 Å². The van der Waals surface area contributed by atoms with Crippen LogP contribution in [-0.2, 0) is 19.0 Å². The topological polar surface area (TPSA) is 54.2 Å². The van der Waals surface area contributed by atoms with Gasteiger partial charge in [0.05, 0.1) is 12.7 Å². The van der Waals surface area contributed by atoms with Gasteiger partial charge in [0.2, 0.25) is 0 Å². The molecule has 1 aromatic carbocycles. The highest BCUT2D eigenvalue weighted by Crippen LogP contribution is 2.47. The van der Waals surface area contributed by atoms with Crippen molar-refractivity contribution in [3.8, 4) is 0 Å². The van der Waals surface area contributed by atoms with Gasteiger partial charge in [-0.25, -0.2) is 4.99 Å². The second-order valence-electron chi connectivity index (χ2n) is 6.22. The zero-order valence-electron chi connectivity index (χ0n) is 14.3. The van der Waals surface area contributed by atoms with E-state index in [1.54, 1.807) is 4.68 Å². The molecule has 1 aliphatic rings. The molecule has 1 aliphatic carbocycles. The van der Waals surface area contributed by atoms with Crippen LogP contribution >= 0.6 is 24.0 Å². The van der Waals surface area contributed by atoms with Crippen molar-refractivity contribution in [1.29, 1.82) is 0 Å². The summed E-state index contributed by atoms with van der Waals surface area (Å²) in [4.78, 5) is 4.66. The fourth-order valence-electron chi connectivity index (χ4n) is 2.83. The Labute approximate surface area is 161 Å². The number of halogens is 1. The predicted octanol–water partition coefficient (Wildman–Crippen LogP) is 2.83. The maximum Gasteiger partial charge on any atom is 0.191 e. The molecule has 24 heavy (non-hydrogen) atoms. The summed E-state index contributed by atoms with van der Waals surface area (Å²) in [5, 5.41) is 11.0. The van der Waals surface area contributed by atoms with Crippen LogP contribution in [0.2, 0.25) is 0 Å². The third-order valence-electron chi connectivity index (χ3n) is 4.36. The van der Waals surface area contributed by atoms with Crippen LogP contribution in [-0.4, -0.2) is 28.8 Å². The SMILES string of the molecule is CCNC(=NCc1cnn(C)c1)NCC1(c2ccccc2)CC1.I. The van der Waals surface area contributed by atoms with E-state index in [-0.39, 0.29) is 29.4 Å². The number of benzene rings is 1. The molecule has 5 nitrogen and oxygen atoms in total. The average Bonchev–Trinajstić information content (AvgIpc) is 3.26. The molecule has 1 saturated carbocycles. The van der Waals surface area contributed by atoms with E-state index in [9.17, 15) is 0 Å². The largest absolute Gasteiger partial charge is 0.357 e. The number of guanidine groups is 1. The summed E-state index contributed by atoms with van der Waals surface area (Å²) in [6, 6.07) is 10.8. The predicted molar refractivity (Wildman–Crippen MR) is 109 cm³/mol. The van der Waals surface area contributed by atoms with Crippen LogP contribution in [0.25, 0.3) is 0 Å². The minimum Gasteiger partial charge on any atom is -0.357 e. The van der Waals surface area contributed by atoms with Crippen molar-refractivity contribution in [3.05, 3.63) is 53.9 Å². The molecular weight excluding hydrogens is 413 g/mol. The molecule has 2 N–H and O–H groups in total. The van der Waals surface area contributed by atoms with E-state index >= 15 is 0 Å². The van der Waals surface area contributed by atoms with E-state index < -0.39 is 0 Å². The number of nitrogens with one attached hydrogen (secondary N) is 2. The lowest BCUT2D eigenvalue weighted by atomic mass is 9.96. The van der Waals surface area contributed by atoms with Gasteiger partial charge in [0.15, 0.2) is 5.96 Å². The number of nitrogens with zero attached hydrogens (tertiary/aromatic N) is 3. The third-order valence-corrected chi connectivity index (χ3v) is 4.36. The van der Waals surface area contributed by atoms with Gasteiger partial charge in [-0.2, -0.15) is 5.10 Å². The van der Waals surface area contributed by atoms with Crippen LogP contribution in [0, 0.1) is 0 Å². The molecule has 3 rings (SSSR count). The first-order valence-corrected chi connectivity index (χ1v) is 8.27. The third kappa shape index (κ3) is 4.72. The quantitative estimate of drug-likeness (QED) is 0.414. The van der Waals surface area contributed by atoms with Crippen LogP contribution in [0.4, 0.5) is 0 Å². The van der Waals surface area contributed by atoms with Crippen molar-refractivity contribution in [3.63, 3.8) is 0 Å². The number of rotatable bonds is 6. The van der Waals surface area contributed by atoms with Gasteiger partial charge in [-0.1, -0.05) is 30.3 Å². The zero-order chi connectivity index (χ0) is 16.1. The first kappa shape index (κ1) is 18.8. The highest BCUT2D eigenvalue weighted by molar-refractivity contribution is 14.0. The van der Waals surface area contributed by atoms with Crippen LogP contribution in [0.5, 0.6) is 0 Å². The molecule has 1 fully saturated rings. The van der Waals surface area contributed by atoms with Gasteiger partial charge in [-0.3, -0.25) is 4.68 Å². The lowest BCUT2D eigenvalue weighted by Crippen LogP contribution is -2.41. The summed E-state index contributed by atoms with van der Waals surface area (Å²) in [6.45, 7) is 4.51. The maximum absolute atomic E-state index is 4.66.